The van der Waals surface area contributed by atoms with Crippen molar-refractivity contribution < 1.29 is 26.3 Å². The standard InChI is InChI=1S/C17H14N2O2.C2H7NO2S.CH5NO2S/c1-11-16(13-7-8-14-15(9-13)21-10-20-14)17(19-18-11)12-5-3-2-4-6-12;1-3-6(2,4)5;1-5(2,3)4/h2-9H,10H2,1H3,(H,18,19);3H,1-2H3;1H3,(H2,2,3,4). The molecule has 2 heterocycles. The van der Waals surface area contributed by atoms with Crippen LogP contribution in [0, 0.1) is 6.92 Å². The Morgan fingerprint density at radius 3 is 2.09 bits per heavy atom. The second-order valence-corrected chi connectivity index (χ2v) is 10.4. The maximum absolute atomic E-state index is 9.89. The molecule has 3 aromatic rings. The lowest BCUT2D eigenvalue weighted by molar-refractivity contribution is 0.174. The third kappa shape index (κ3) is 7.96. The van der Waals surface area contributed by atoms with Crippen molar-refractivity contribution in [2.24, 2.45) is 5.14 Å². The number of aromatic amines is 1. The smallest absolute Gasteiger partial charge is 0.231 e. The average molecular weight is 483 g/mol. The lowest BCUT2D eigenvalue weighted by Crippen LogP contribution is -2.15. The van der Waals surface area contributed by atoms with Crippen LogP contribution in [0.2, 0.25) is 0 Å². The van der Waals surface area contributed by atoms with E-state index < -0.39 is 20.0 Å². The Morgan fingerprint density at radius 1 is 0.969 bits per heavy atom. The van der Waals surface area contributed by atoms with Gasteiger partial charge in [-0.2, -0.15) is 5.10 Å². The number of ether oxygens (including phenoxy) is 2. The molecule has 10 nitrogen and oxygen atoms in total. The lowest BCUT2D eigenvalue weighted by Gasteiger charge is -2.06. The molecule has 1 aliphatic heterocycles. The van der Waals surface area contributed by atoms with Crippen LogP contribution in [0.1, 0.15) is 5.69 Å². The lowest BCUT2D eigenvalue weighted by atomic mass is 9.99. The zero-order chi connectivity index (χ0) is 23.9. The molecule has 0 fully saturated rings. The van der Waals surface area contributed by atoms with E-state index in [4.69, 9.17) is 9.47 Å². The number of nitrogens with one attached hydrogen (secondary N) is 2. The van der Waals surface area contributed by atoms with E-state index >= 15 is 0 Å². The molecule has 174 valence electrons. The third-order valence-electron chi connectivity index (χ3n) is 4.03. The van der Waals surface area contributed by atoms with Gasteiger partial charge in [0.05, 0.1) is 12.5 Å². The monoisotopic (exact) mass is 482 g/mol. The fourth-order valence-corrected chi connectivity index (χ4v) is 2.64. The first kappa shape index (κ1) is 25.3. The minimum Gasteiger partial charge on any atom is -0.454 e. The first-order valence-electron chi connectivity index (χ1n) is 9.25. The summed E-state index contributed by atoms with van der Waals surface area (Å²) < 4.78 is 51.5. The van der Waals surface area contributed by atoms with Crippen LogP contribution in [-0.4, -0.2) is 53.4 Å². The second kappa shape index (κ2) is 10.6. The number of nitrogens with zero attached hydrogens (tertiary/aromatic N) is 1. The van der Waals surface area contributed by atoms with Crippen molar-refractivity contribution in [1.29, 1.82) is 0 Å². The molecule has 0 saturated heterocycles. The van der Waals surface area contributed by atoms with Gasteiger partial charge < -0.3 is 9.47 Å². The molecule has 4 rings (SSSR count). The minimum atomic E-state index is -3.17. The van der Waals surface area contributed by atoms with Crippen LogP contribution in [0.3, 0.4) is 0 Å². The minimum absolute atomic E-state index is 0.286. The number of nitrogens with two attached hydrogens (primary N) is 1. The molecule has 2 aromatic carbocycles. The topological polar surface area (TPSA) is 153 Å². The van der Waals surface area contributed by atoms with Crippen LogP contribution in [0.5, 0.6) is 11.5 Å². The van der Waals surface area contributed by atoms with Crippen molar-refractivity contribution in [2.75, 3.05) is 26.4 Å². The van der Waals surface area contributed by atoms with Gasteiger partial charge in [0, 0.05) is 16.8 Å². The van der Waals surface area contributed by atoms with Gasteiger partial charge in [0.1, 0.15) is 5.69 Å². The predicted molar refractivity (Wildman–Crippen MR) is 123 cm³/mol. The number of fused-ring (bicyclic) bond motifs is 1. The number of aryl methyl sites for hydroxylation is 1. The highest BCUT2D eigenvalue weighted by atomic mass is 32.2. The van der Waals surface area contributed by atoms with Crippen molar-refractivity contribution in [3.05, 3.63) is 54.2 Å². The first-order chi connectivity index (χ1) is 14.9. The maximum atomic E-state index is 9.89. The zero-order valence-electron chi connectivity index (χ0n) is 18.1. The summed E-state index contributed by atoms with van der Waals surface area (Å²) in [6.07, 6.45) is 2.04. The molecule has 0 unspecified atom stereocenters. The molecule has 32 heavy (non-hydrogen) atoms. The summed E-state index contributed by atoms with van der Waals surface area (Å²) in [6.45, 7) is 2.31. The van der Waals surface area contributed by atoms with E-state index in [1.54, 1.807) is 0 Å². The summed E-state index contributed by atoms with van der Waals surface area (Å²) in [7, 11) is -4.71. The molecule has 12 heteroatoms. The normalized spacial score (nSPS) is 12.3. The molecule has 0 atom stereocenters. The Hall–Kier alpha value is -2.93. The summed E-state index contributed by atoms with van der Waals surface area (Å²) in [5.74, 6) is 1.58. The van der Waals surface area contributed by atoms with Gasteiger partial charge in [-0.25, -0.2) is 26.7 Å². The van der Waals surface area contributed by atoms with Gasteiger partial charge in [-0.05, 0) is 31.7 Å². The van der Waals surface area contributed by atoms with Crippen molar-refractivity contribution >= 4 is 20.0 Å². The van der Waals surface area contributed by atoms with Crippen molar-refractivity contribution in [2.45, 2.75) is 6.92 Å². The Labute approximate surface area is 187 Å². The number of benzene rings is 2. The summed E-state index contributed by atoms with van der Waals surface area (Å²) in [5.41, 5.74) is 5.25. The van der Waals surface area contributed by atoms with Gasteiger partial charge in [0.15, 0.2) is 11.5 Å². The highest BCUT2D eigenvalue weighted by Gasteiger charge is 2.18. The highest BCUT2D eigenvalue weighted by Crippen LogP contribution is 2.39. The van der Waals surface area contributed by atoms with Crippen molar-refractivity contribution in [3.8, 4) is 33.9 Å². The number of hydrogen-bond donors (Lipinski definition) is 3. The van der Waals surface area contributed by atoms with Crippen LogP contribution in [0.4, 0.5) is 0 Å². The van der Waals surface area contributed by atoms with Crippen LogP contribution in [-0.2, 0) is 20.0 Å². The SMILES string of the molecule is CNS(C)(=O)=O.CS(N)(=O)=O.Cc1[nH]nc(-c2ccccc2)c1-c1ccc2c(c1)OCO2. The molecule has 0 saturated carbocycles. The Kier molecular flexibility index (Phi) is 8.38. The average Bonchev–Trinajstić information content (AvgIpc) is 3.33. The Morgan fingerprint density at radius 2 is 1.53 bits per heavy atom. The first-order valence-corrected chi connectivity index (χ1v) is 13.1. The number of aromatic nitrogens is 2. The fraction of sp³-hybridized carbons (Fsp3) is 0.250. The molecule has 4 N–H and O–H groups in total. The summed E-state index contributed by atoms with van der Waals surface area (Å²) >= 11 is 0. The van der Waals surface area contributed by atoms with E-state index in [0.717, 1.165) is 52.1 Å². The number of sulfonamides is 2. The molecular formula is C20H26N4O6S2. The number of H-pyrrole nitrogens is 1. The van der Waals surface area contributed by atoms with Gasteiger partial charge in [0.25, 0.3) is 0 Å². The number of rotatable bonds is 3. The fourth-order valence-electron chi connectivity index (χ4n) is 2.64. The highest BCUT2D eigenvalue weighted by molar-refractivity contribution is 7.88. The van der Waals surface area contributed by atoms with E-state index in [1.807, 2.05) is 43.3 Å². The van der Waals surface area contributed by atoms with Crippen LogP contribution in [0.15, 0.2) is 48.5 Å². The number of hydrogen-bond acceptors (Lipinski definition) is 7. The molecule has 1 aliphatic rings. The summed E-state index contributed by atoms with van der Waals surface area (Å²) in [4.78, 5) is 0. The van der Waals surface area contributed by atoms with E-state index in [0.29, 0.717) is 0 Å². The molecule has 0 spiro atoms. The van der Waals surface area contributed by atoms with Crippen LogP contribution >= 0.6 is 0 Å². The summed E-state index contributed by atoms with van der Waals surface area (Å²) in [5, 5.41) is 11.9. The molecule has 0 amide bonds. The number of primary sulfonamides is 1. The van der Waals surface area contributed by atoms with E-state index in [-0.39, 0.29) is 6.79 Å². The summed E-state index contributed by atoms with van der Waals surface area (Å²) in [6, 6.07) is 16.1. The van der Waals surface area contributed by atoms with Crippen LogP contribution in [0.25, 0.3) is 22.4 Å². The van der Waals surface area contributed by atoms with E-state index in [9.17, 15) is 16.8 Å². The van der Waals surface area contributed by atoms with Crippen molar-refractivity contribution in [3.63, 3.8) is 0 Å². The largest absolute Gasteiger partial charge is 0.454 e. The second-order valence-electron chi connectivity index (χ2n) is 6.81. The zero-order valence-corrected chi connectivity index (χ0v) is 19.7. The molecule has 0 aliphatic carbocycles. The van der Waals surface area contributed by atoms with Gasteiger partial charge in [-0.3, -0.25) is 5.10 Å². The molecule has 0 bridgehead atoms. The molecule has 0 radical (unpaired) electrons. The van der Waals surface area contributed by atoms with Gasteiger partial charge >= 0.3 is 0 Å². The van der Waals surface area contributed by atoms with Gasteiger partial charge in [-0.1, -0.05) is 36.4 Å². The van der Waals surface area contributed by atoms with Gasteiger partial charge in [0.2, 0.25) is 26.8 Å². The van der Waals surface area contributed by atoms with Crippen molar-refractivity contribution in [1.82, 2.24) is 14.9 Å². The predicted octanol–water partition coefficient (Wildman–Crippen LogP) is 1.85. The Bertz CT molecular complexity index is 1250. The Balaban J connectivity index is 0.000000277. The third-order valence-corrected chi connectivity index (χ3v) is 4.77. The maximum Gasteiger partial charge on any atom is 0.231 e. The quantitative estimate of drug-likeness (QED) is 0.515. The molecular weight excluding hydrogens is 456 g/mol. The van der Waals surface area contributed by atoms with Crippen LogP contribution < -0.4 is 19.3 Å². The molecule has 1 aromatic heterocycles. The van der Waals surface area contributed by atoms with E-state index in [1.165, 1.54) is 7.05 Å². The van der Waals surface area contributed by atoms with Gasteiger partial charge in [-0.15, -0.1) is 0 Å². The van der Waals surface area contributed by atoms with E-state index in [2.05, 4.69) is 32.2 Å².